The second-order valence-corrected chi connectivity index (χ2v) is 5.80. The molecule has 0 saturated heterocycles. The minimum atomic E-state index is 0.157. The number of benzene rings is 1. The molecule has 0 saturated carbocycles. The van der Waals surface area contributed by atoms with E-state index in [2.05, 4.69) is 64.2 Å². The summed E-state index contributed by atoms with van der Waals surface area (Å²) in [6, 6.07) is 8.41. The van der Waals surface area contributed by atoms with Gasteiger partial charge in [-0.2, -0.15) is 0 Å². The van der Waals surface area contributed by atoms with Crippen LogP contribution in [0.3, 0.4) is 0 Å². The highest BCUT2D eigenvalue weighted by Gasteiger charge is 2.08. The second-order valence-electron chi connectivity index (χ2n) is 5.80. The molecule has 0 unspecified atom stereocenters. The van der Waals surface area contributed by atoms with E-state index in [4.69, 9.17) is 4.74 Å². The first kappa shape index (κ1) is 15.0. The first-order valence-electron chi connectivity index (χ1n) is 6.95. The van der Waals surface area contributed by atoms with E-state index in [1.54, 1.807) is 0 Å². The molecule has 2 heteroatoms. The van der Waals surface area contributed by atoms with Gasteiger partial charge in [0.15, 0.2) is 0 Å². The molecule has 1 aromatic carbocycles. The topological polar surface area (TPSA) is 21.3 Å². The van der Waals surface area contributed by atoms with Gasteiger partial charge >= 0.3 is 0 Å². The zero-order chi connectivity index (χ0) is 13.6. The molecule has 0 aliphatic heterocycles. The van der Waals surface area contributed by atoms with Crippen molar-refractivity contribution in [3.8, 4) is 5.75 Å². The van der Waals surface area contributed by atoms with Crippen molar-refractivity contribution in [2.24, 2.45) is 0 Å². The molecule has 0 aliphatic rings. The Kier molecular flexibility index (Phi) is 5.67. The van der Waals surface area contributed by atoms with E-state index in [-0.39, 0.29) is 5.54 Å². The third-order valence-corrected chi connectivity index (χ3v) is 2.96. The Morgan fingerprint density at radius 1 is 1.06 bits per heavy atom. The molecule has 0 heterocycles. The first-order valence-corrected chi connectivity index (χ1v) is 6.95. The van der Waals surface area contributed by atoms with Crippen molar-refractivity contribution in [1.82, 2.24) is 5.32 Å². The van der Waals surface area contributed by atoms with Crippen LogP contribution >= 0.6 is 0 Å². The highest BCUT2D eigenvalue weighted by molar-refractivity contribution is 5.27. The molecule has 0 amide bonds. The van der Waals surface area contributed by atoms with Crippen LogP contribution in [0.1, 0.15) is 53.0 Å². The Bertz CT molecular complexity index is 333. The summed E-state index contributed by atoms with van der Waals surface area (Å²) in [6.45, 7) is 11.8. The van der Waals surface area contributed by atoms with Gasteiger partial charge in [0.2, 0.25) is 0 Å². The van der Waals surface area contributed by atoms with Gasteiger partial charge in [-0.25, -0.2) is 0 Å². The molecule has 0 aromatic heterocycles. The lowest BCUT2D eigenvalue weighted by Gasteiger charge is -2.21. The highest BCUT2D eigenvalue weighted by Crippen LogP contribution is 2.16. The Hall–Kier alpha value is -1.02. The number of rotatable bonds is 6. The Morgan fingerprint density at radius 2 is 1.61 bits per heavy atom. The highest BCUT2D eigenvalue weighted by atomic mass is 16.5. The van der Waals surface area contributed by atoms with Crippen LogP contribution in [0.15, 0.2) is 24.3 Å². The summed E-state index contributed by atoms with van der Waals surface area (Å²) in [4.78, 5) is 0. The second kappa shape index (κ2) is 6.79. The molecule has 18 heavy (non-hydrogen) atoms. The third kappa shape index (κ3) is 5.54. The van der Waals surface area contributed by atoms with Gasteiger partial charge in [0.25, 0.3) is 0 Å². The minimum absolute atomic E-state index is 0.157. The molecule has 0 bridgehead atoms. The van der Waals surface area contributed by atoms with Gasteiger partial charge in [0, 0.05) is 12.1 Å². The van der Waals surface area contributed by atoms with Crippen LogP contribution in [0, 0.1) is 0 Å². The van der Waals surface area contributed by atoms with Crippen LogP contribution < -0.4 is 10.1 Å². The van der Waals surface area contributed by atoms with Crippen LogP contribution in [0.25, 0.3) is 0 Å². The van der Waals surface area contributed by atoms with E-state index in [0.717, 1.165) is 25.1 Å². The maximum Gasteiger partial charge on any atom is 0.119 e. The molecular weight excluding hydrogens is 222 g/mol. The van der Waals surface area contributed by atoms with E-state index in [1.165, 1.54) is 5.56 Å². The van der Waals surface area contributed by atoms with Gasteiger partial charge < -0.3 is 10.1 Å². The summed E-state index contributed by atoms with van der Waals surface area (Å²) in [5.41, 5.74) is 1.45. The minimum Gasteiger partial charge on any atom is -0.490 e. The molecule has 0 spiro atoms. The molecule has 1 N–H and O–H groups in total. The largest absolute Gasteiger partial charge is 0.490 e. The van der Waals surface area contributed by atoms with E-state index < -0.39 is 0 Å². The monoisotopic (exact) mass is 249 g/mol. The van der Waals surface area contributed by atoms with Crippen LogP contribution in [-0.4, -0.2) is 11.6 Å². The normalized spacial score (nSPS) is 11.9. The van der Waals surface area contributed by atoms with Gasteiger partial charge in [0.1, 0.15) is 5.75 Å². The fourth-order valence-corrected chi connectivity index (χ4v) is 1.70. The molecule has 0 radical (unpaired) electrons. The van der Waals surface area contributed by atoms with E-state index in [0.29, 0.717) is 6.10 Å². The molecule has 1 aromatic rings. The molecule has 2 nitrogen and oxygen atoms in total. The third-order valence-electron chi connectivity index (χ3n) is 2.96. The van der Waals surface area contributed by atoms with Crippen molar-refractivity contribution in [3.63, 3.8) is 0 Å². The van der Waals surface area contributed by atoms with Crippen LogP contribution in [-0.2, 0) is 6.54 Å². The zero-order valence-electron chi connectivity index (χ0n) is 12.4. The molecule has 0 fully saturated rings. The smallest absolute Gasteiger partial charge is 0.119 e. The van der Waals surface area contributed by atoms with Gasteiger partial charge in [-0.3, -0.25) is 0 Å². The van der Waals surface area contributed by atoms with Crippen molar-refractivity contribution in [2.45, 2.75) is 65.6 Å². The fourth-order valence-electron chi connectivity index (χ4n) is 1.70. The summed E-state index contributed by atoms with van der Waals surface area (Å²) in [5.74, 6) is 0.975. The van der Waals surface area contributed by atoms with Crippen LogP contribution in [0.4, 0.5) is 0 Å². The summed E-state index contributed by atoms with van der Waals surface area (Å²) >= 11 is 0. The lowest BCUT2D eigenvalue weighted by atomic mass is 10.1. The maximum absolute atomic E-state index is 5.89. The Morgan fingerprint density at radius 3 is 2.06 bits per heavy atom. The van der Waals surface area contributed by atoms with E-state index >= 15 is 0 Å². The van der Waals surface area contributed by atoms with Crippen molar-refractivity contribution in [2.75, 3.05) is 0 Å². The number of ether oxygens (including phenoxy) is 1. The quantitative estimate of drug-likeness (QED) is 0.818. The lowest BCUT2D eigenvalue weighted by molar-refractivity contribution is 0.193. The Labute approximate surface area is 112 Å². The van der Waals surface area contributed by atoms with E-state index in [1.807, 2.05) is 0 Å². The molecule has 102 valence electrons. The van der Waals surface area contributed by atoms with Crippen LogP contribution in [0.2, 0.25) is 0 Å². The summed E-state index contributed by atoms with van der Waals surface area (Å²) < 4.78 is 5.89. The van der Waals surface area contributed by atoms with Gasteiger partial charge in [-0.1, -0.05) is 26.0 Å². The molecule has 1 rings (SSSR count). The summed E-state index contributed by atoms with van der Waals surface area (Å²) in [5, 5.41) is 3.48. The number of nitrogens with one attached hydrogen (secondary N) is 1. The van der Waals surface area contributed by atoms with Crippen molar-refractivity contribution in [1.29, 1.82) is 0 Å². The standard InChI is InChI=1S/C16H27NO/c1-6-14(7-2)18-15-10-8-13(9-11-15)12-17-16(3,4)5/h8-11,14,17H,6-7,12H2,1-5H3. The summed E-state index contributed by atoms with van der Waals surface area (Å²) in [6.07, 6.45) is 2.46. The summed E-state index contributed by atoms with van der Waals surface area (Å²) in [7, 11) is 0. The molecule has 0 atom stereocenters. The average Bonchev–Trinajstić information content (AvgIpc) is 2.34. The van der Waals surface area contributed by atoms with Crippen molar-refractivity contribution >= 4 is 0 Å². The van der Waals surface area contributed by atoms with E-state index in [9.17, 15) is 0 Å². The van der Waals surface area contributed by atoms with Crippen molar-refractivity contribution in [3.05, 3.63) is 29.8 Å². The van der Waals surface area contributed by atoms with Gasteiger partial charge in [-0.05, 0) is 51.3 Å². The number of hydrogen-bond donors (Lipinski definition) is 1. The maximum atomic E-state index is 5.89. The predicted molar refractivity (Wildman–Crippen MR) is 78.0 cm³/mol. The SMILES string of the molecule is CCC(CC)Oc1ccc(CNC(C)(C)C)cc1. The zero-order valence-corrected chi connectivity index (χ0v) is 12.4. The van der Waals surface area contributed by atoms with Crippen LogP contribution in [0.5, 0.6) is 5.75 Å². The van der Waals surface area contributed by atoms with Gasteiger partial charge in [-0.15, -0.1) is 0 Å². The Balaban J connectivity index is 2.52. The predicted octanol–water partition coefficient (Wildman–Crippen LogP) is 4.14. The first-order chi connectivity index (χ1) is 8.44. The molecule has 0 aliphatic carbocycles. The number of hydrogen-bond acceptors (Lipinski definition) is 2. The van der Waals surface area contributed by atoms with Crippen molar-refractivity contribution < 1.29 is 4.74 Å². The van der Waals surface area contributed by atoms with Gasteiger partial charge in [0.05, 0.1) is 6.10 Å². The molecular formula is C16H27NO. The fraction of sp³-hybridized carbons (Fsp3) is 0.625. The lowest BCUT2D eigenvalue weighted by Crippen LogP contribution is -2.35. The average molecular weight is 249 g/mol.